The largest absolute Gasteiger partial charge is 0.496 e. The zero-order chi connectivity index (χ0) is 12.1. The van der Waals surface area contributed by atoms with E-state index < -0.39 is 0 Å². The molecular weight excluding hydrogens is 206 g/mol. The number of nitro groups is 1. The molecule has 1 aromatic rings. The predicted molar refractivity (Wildman–Crippen MR) is 63.0 cm³/mol. The van der Waals surface area contributed by atoms with Crippen molar-refractivity contribution >= 4 is 6.08 Å². The Labute approximate surface area is 94.7 Å². The van der Waals surface area contributed by atoms with E-state index in [1.807, 2.05) is 25.1 Å². The molecule has 16 heavy (non-hydrogen) atoms. The van der Waals surface area contributed by atoms with Crippen LogP contribution in [0.1, 0.15) is 24.5 Å². The number of rotatable bonds is 4. The number of benzene rings is 1. The first-order chi connectivity index (χ1) is 7.58. The van der Waals surface area contributed by atoms with Crippen LogP contribution < -0.4 is 4.74 Å². The fourth-order valence-corrected chi connectivity index (χ4v) is 1.47. The Morgan fingerprint density at radius 1 is 1.56 bits per heavy atom. The third-order valence-electron chi connectivity index (χ3n) is 2.35. The van der Waals surface area contributed by atoms with Crippen LogP contribution in [-0.4, -0.2) is 12.0 Å². The van der Waals surface area contributed by atoms with Crippen LogP contribution in [0.5, 0.6) is 5.75 Å². The molecule has 0 aliphatic rings. The van der Waals surface area contributed by atoms with E-state index in [4.69, 9.17) is 4.74 Å². The Hall–Kier alpha value is -1.84. The lowest BCUT2D eigenvalue weighted by Crippen LogP contribution is -1.96. The molecule has 0 aliphatic heterocycles. The van der Waals surface area contributed by atoms with Gasteiger partial charge in [0.05, 0.1) is 12.0 Å². The van der Waals surface area contributed by atoms with E-state index in [2.05, 4.69) is 0 Å². The van der Waals surface area contributed by atoms with E-state index in [1.165, 1.54) is 0 Å². The molecule has 0 spiro atoms. The predicted octanol–water partition coefficient (Wildman–Crippen LogP) is 3.03. The number of nitrogens with zero attached hydrogens (tertiary/aromatic N) is 1. The number of allylic oxidation sites excluding steroid dienone is 1. The maximum Gasteiger partial charge on any atom is 0.246 e. The molecule has 1 aromatic carbocycles. The fourth-order valence-electron chi connectivity index (χ4n) is 1.47. The molecule has 0 saturated heterocycles. The van der Waals surface area contributed by atoms with Crippen molar-refractivity contribution < 1.29 is 9.66 Å². The number of methoxy groups -OCH3 is 1. The van der Waals surface area contributed by atoms with Gasteiger partial charge in [-0.05, 0) is 30.2 Å². The molecule has 0 aliphatic carbocycles. The molecule has 0 radical (unpaired) electrons. The monoisotopic (exact) mass is 221 g/mol. The molecule has 86 valence electrons. The Bertz CT molecular complexity index is 424. The summed E-state index contributed by atoms with van der Waals surface area (Å²) < 4.78 is 5.12. The summed E-state index contributed by atoms with van der Waals surface area (Å²) in [5.74, 6) is 0.788. The van der Waals surface area contributed by atoms with Gasteiger partial charge in [-0.3, -0.25) is 10.1 Å². The summed E-state index contributed by atoms with van der Waals surface area (Å²) in [4.78, 5) is 10.3. The van der Waals surface area contributed by atoms with E-state index in [0.29, 0.717) is 6.42 Å². The number of aryl methyl sites for hydroxylation is 1. The summed E-state index contributed by atoms with van der Waals surface area (Å²) in [5.41, 5.74) is 2.01. The zero-order valence-electron chi connectivity index (χ0n) is 9.69. The van der Waals surface area contributed by atoms with Crippen LogP contribution in [0, 0.1) is 17.0 Å². The molecule has 0 bridgehead atoms. The van der Waals surface area contributed by atoms with Crippen LogP contribution in [-0.2, 0) is 0 Å². The van der Waals surface area contributed by atoms with Gasteiger partial charge in [0, 0.05) is 12.5 Å². The van der Waals surface area contributed by atoms with Crippen molar-refractivity contribution in [1.29, 1.82) is 0 Å². The second-order valence-corrected chi connectivity index (χ2v) is 3.48. The van der Waals surface area contributed by atoms with E-state index in [9.17, 15) is 10.1 Å². The molecule has 1 rings (SSSR count). The van der Waals surface area contributed by atoms with Crippen LogP contribution in [0.2, 0.25) is 0 Å². The summed E-state index contributed by atoms with van der Waals surface area (Å²) in [5, 5.41) is 10.7. The van der Waals surface area contributed by atoms with Gasteiger partial charge in [0.15, 0.2) is 0 Å². The summed E-state index contributed by atoms with van der Waals surface area (Å²) in [6.45, 7) is 3.68. The number of hydrogen-bond acceptors (Lipinski definition) is 3. The van der Waals surface area contributed by atoms with Gasteiger partial charge in [-0.25, -0.2) is 0 Å². The standard InChI is InChI=1S/C12H15NO3/c1-4-11(13(14)15)8-10-5-6-12(16-3)9(2)7-10/h5-8H,4H2,1-3H3. The zero-order valence-corrected chi connectivity index (χ0v) is 9.69. The highest BCUT2D eigenvalue weighted by Gasteiger charge is 2.07. The highest BCUT2D eigenvalue weighted by Crippen LogP contribution is 2.20. The molecule has 4 heteroatoms. The van der Waals surface area contributed by atoms with Crippen LogP contribution in [0.3, 0.4) is 0 Å². The van der Waals surface area contributed by atoms with Gasteiger partial charge in [0.2, 0.25) is 5.70 Å². The van der Waals surface area contributed by atoms with Crippen molar-refractivity contribution in [3.8, 4) is 5.75 Å². The first-order valence-corrected chi connectivity index (χ1v) is 5.08. The summed E-state index contributed by atoms with van der Waals surface area (Å²) in [6.07, 6.45) is 2.00. The third-order valence-corrected chi connectivity index (χ3v) is 2.35. The Balaban J connectivity index is 3.06. The van der Waals surface area contributed by atoms with Gasteiger partial charge in [-0.1, -0.05) is 13.0 Å². The Kier molecular flexibility index (Phi) is 4.05. The lowest BCUT2D eigenvalue weighted by atomic mass is 10.1. The molecule has 0 aromatic heterocycles. The molecule has 0 N–H and O–H groups in total. The average Bonchev–Trinajstić information content (AvgIpc) is 2.25. The molecule has 4 nitrogen and oxygen atoms in total. The van der Waals surface area contributed by atoms with Crippen molar-refractivity contribution in [2.24, 2.45) is 0 Å². The molecule has 0 fully saturated rings. The fraction of sp³-hybridized carbons (Fsp3) is 0.333. The minimum absolute atomic E-state index is 0.213. The number of ether oxygens (including phenoxy) is 1. The van der Waals surface area contributed by atoms with E-state index in [-0.39, 0.29) is 10.6 Å². The highest BCUT2D eigenvalue weighted by molar-refractivity contribution is 5.54. The van der Waals surface area contributed by atoms with Gasteiger partial charge in [-0.15, -0.1) is 0 Å². The molecule has 0 atom stereocenters. The highest BCUT2D eigenvalue weighted by atomic mass is 16.6. The van der Waals surface area contributed by atoms with Crippen molar-refractivity contribution in [3.05, 3.63) is 45.1 Å². The molecule has 0 heterocycles. The number of hydrogen-bond donors (Lipinski definition) is 0. The normalized spacial score (nSPS) is 11.3. The van der Waals surface area contributed by atoms with E-state index >= 15 is 0 Å². The Morgan fingerprint density at radius 3 is 2.69 bits per heavy atom. The topological polar surface area (TPSA) is 52.4 Å². The average molecular weight is 221 g/mol. The lowest BCUT2D eigenvalue weighted by Gasteiger charge is -2.04. The molecule has 0 unspecified atom stereocenters. The van der Waals surface area contributed by atoms with Gasteiger partial charge >= 0.3 is 0 Å². The van der Waals surface area contributed by atoms with Gasteiger partial charge in [0.1, 0.15) is 5.75 Å². The van der Waals surface area contributed by atoms with E-state index in [1.54, 1.807) is 20.1 Å². The second kappa shape index (κ2) is 5.30. The van der Waals surface area contributed by atoms with Gasteiger partial charge in [-0.2, -0.15) is 0 Å². The van der Waals surface area contributed by atoms with Gasteiger partial charge < -0.3 is 4.74 Å². The SMILES string of the molecule is CCC(=Cc1ccc(OC)c(C)c1)[N+](=O)[O-]. The molecule has 0 saturated carbocycles. The Morgan fingerprint density at radius 2 is 2.25 bits per heavy atom. The smallest absolute Gasteiger partial charge is 0.246 e. The summed E-state index contributed by atoms with van der Waals surface area (Å²) in [6, 6.07) is 5.50. The van der Waals surface area contributed by atoms with Crippen LogP contribution in [0.15, 0.2) is 23.9 Å². The van der Waals surface area contributed by atoms with Crippen molar-refractivity contribution in [2.75, 3.05) is 7.11 Å². The minimum atomic E-state index is -0.348. The second-order valence-electron chi connectivity index (χ2n) is 3.48. The first-order valence-electron chi connectivity index (χ1n) is 5.08. The van der Waals surface area contributed by atoms with Crippen molar-refractivity contribution in [2.45, 2.75) is 20.3 Å². The molecular formula is C12H15NO3. The quantitative estimate of drug-likeness (QED) is 0.580. The molecule has 0 amide bonds. The lowest BCUT2D eigenvalue weighted by molar-refractivity contribution is -0.425. The van der Waals surface area contributed by atoms with E-state index in [0.717, 1.165) is 16.9 Å². The maximum absolute atomic E-state index is 10.7. The van der Waals surface area contributed by atoms with Crippen LogP contribution >= 0.6 is 0 Å². The van der Waals surface area contributed by atoms with Crippen LogP contribution in [0.25, 0.3) is 6.08 Å². The summed E-state index contributed by atoms with van der Waals surface area (Å²) in [7, 11) is 1.60. The first kappa shape index (κ1) is 12.2. The van der Waals surface area contributed by atoms with Crippen molar-refractivity contribution in [1.82, 2.24) is 0 Å². The maximum atomic E-state index is 10.7. The van der Waals surface area contributed by atoms with Gasteiger partial charge in [0.25, 0.3) is 0 Å². The summed E-state index contributed by atoms with van der Waals surface area (Å²) >= 11 is 0. The third kappa shape index (κ3) is 2.82. The van der Waals surface area contributed by atoms with Crippen molar-refractivity contribution in [3.63, 3.8) is 0 Å². The van der Waals surface area contributed by atoms with Crippen LogP contribution in [0.4, 0.5) is 0 Å². The minimum Gasteiger partial charge on any atom is -0.496 e.